The summed E-state index contributed by atoms with van der Waals surface area (Å²) in [7, 11) is 0. The number of thioether (sulfide) groups is 1. The van der Waals surface area contributed by atoms with Crippen LogP contribution < -0.4 is 4.74 Å². The molecule has 2 amide bonds. The molecule has 0 unspecified atom stereocenters. The van der Waals surface area contributed by atoms with Crippen LogP contribution >= 0.6 is 27.7 Å². The Balaban J connectivity index is 1.82. The smallest absolute Gasteiger partial charge is 0.293 e. The lowest BCUT2D eigenvalue weighted by molar-refractivity contribution is -0.384. The molecule has 0 bridgehead atoms. The van der Waals surface area contributed by atoms with Crippen LogP contribution in [0.4, 0.5) is 10.5 Å². The van der Waals surface area contributed by atoms with Gasteiger partial charge in [-0.15, -0.1) is 0 Å². The number of nitro groups is 1. The monoisotopic (exact) mass is 462 g/mol. The molecule has 0 aromatic heterocycles. The molecule has 0 radical (unpaired) electrons. The number of amides is 2. The summed E-state index contributed by atoms with van der Waals surface area (Å²) < 4.78 is 6.40. The number of benzene rings is 2. The molecule has 0 saturated carbocycles. The number of carbonyl (C=O) groups excluding carboxylic acids is 2. The van der Waals surface area contributed by atoms with Crippen molar-refractivity contribution in [1.82, 2.24) is 4.90 Å². The van der Waals surface area contributed by atoms with Crippen molar-refractivity contribution in [2.45, 2.75) is 13.5 Å². The predicted octanol–water partition coefficient (Wildman–Crippen LogP) is 4.99. The van der Waals surface area contributed by atoms with E-state index in [2.05, 4.69) is 15.9 Å². The topological polar surface area (TPSA) is 89.8 Å². The highest BCUT2D eigenvalue weighted by Gasteiger charge is 2.35. The first kappa shape index (κ1) is 20.1. The van der Waals surface area contributed by atoms with Crippen LogP contribution in [0, 0.1) is 10.1 Å². The Morgan fingerprint density at radius 3 is 2.57 bits per heavy atom. The van der Waals surface area contributed by atoms with Crippen molar-refractivity contribution in [2.24, 2.45) is 0 Å². The third-order valence-electron chi connectivity index (χ3n) is 3.92. The highest BCUT2D eigenvalue weighted by Crippen LogP contribution is 2.35. The van der Waals surface area contributed by atoms with E-state index in [4.69, 9.17) is 4.74 Å². The summed E-state index contributed by atoms with van der Waals surface area (Å²) in [6.07, 6.45) is 1.64. The number of halogens is 1. The van der Waals surface area contributed by atoms with Crippen molar-refractivity contribution in [3.8, 4) is 5.75 Å². The summed E-state index contributed by atoms with van der Waals surface area (Å²) >= 11 is 4.25. The van der Waals surface area contributed by atoms with E-state index in [9.17, 15) is 19.7 Å². The molecule has 7 nitrogen and oxygen atoms in total. The fraction of sp³-hybridized carbons (Fsp3) is 0.158. The molecule has 0 aliphatic carbocycles. The SMILES string of the molecule is CCOc1ccc(Br)cc1/C=C1/SC(=O)N(Cc2ccc([N+](=O)[O-])cc2)C1=O. The predicted molar refractivity (Wildman–Crippen MR) is 110 cm³/mol. The van der Waals surface area contributed by atoms with Crippen LogP contribution in [0.15, 0.2) is 51.8 Å². The second-order valence-electron chi connectivity index (χ2n) is 5.81. The van der Waals surface area contributed by atoms with E-state index in [1.54, 1.807) is 12.1 Å². The molecule has 3 rings (SSSR count). The van der Waals surface area contributed by atoms with Gasteiger partial charge in [-0.1, -0.05) is 28.1 Å². The molecule has 1 aliphatic heterocycles. The van der Waals surface area contributed by atoms with E-state index in [0.29, 0.717) is 28.4 Å². The molecule has 1 saturated heterocycles. The maximum Gasteiger partial charge on any atom is 0.293 e. The Morgan fingerprint density at radius 2 is 1.93 bits per heavy atom. The largest absolute Gasteiger partial charge is 0.493 e. The number of nitro benzene ring substituents is 1. The Morgan fingerprint density at radius 1 is 1.21 bits per heavy atom. The second-order valence-corrected chi connectivity index (χ2v) is 7.72. The molecular formula is C19H15BrN2O5S. The molecule has 28 heavy (non-hydrogen) atoms. The van der Waals surface area contributed by atoms with Gasteiger partial charge in [0.05, 0.1) is 23.0 Å². The van der Waals surface area contributed by atoms with Crippen LogP contribution in [0.3, 0.4) is 0 Å². The molecule has 144 valence electrons. The lowest BCUT2D eigenvalue weighted by Gasteiger charge is -2.12. The lowest BCUT2D eigenvalue weighted by Crippen LogP contribution is -2.27. The maximum absolute atomic E-state index is 12.7. The van der Waals surface area contributed by atoms with Crippen LogP contribution in [0.5, 0.6) is 5.75 Å². The normalized spacial score (nSPS) is 15.4. The molecule has 2 aromatic rings. The fourth-order valence-corrected chi connectivity index (χ4v) is 3.81. The van der Waals surface area contributed by atoms with E-state index in [-0.39, 0.29) is 17.5 Å². The molecule has 1 aliphatic rings. The van der Waals surface area contributed by atoms with E-state index in [0.717, 1.165) is 21.1 Å². The Labute approximate surface area is 173 Å². The van der Waals surface area contributed by atoms with E-state index >= 15 is 0 Å². The average molecular weight is 463 g/mol. The number of nitrogens with zero attached hydrogens (tertiary/aromatic N) is 2. The van der Waals surface area contributed by atoms with E-state index in [1.807, 2.05) is 19.1 Å². The van der Waals surface area contributed by atoms with Crippen LogP contribution in [0.25, 0.3) is 6.08 Å². The average Bonchev–Trinajstić information content (AvgIpc) is 2.92. The molecule has 1 fully saturated rings. The van der Waals surface area contributed by atoms with Crippen molar-refractivity contribution < 1.29 is 19.2 Å². The number of carbonyl (C=O) groups is 2. The van der Waals surface area contributed by atoms with Crippen molar-refractivity contribution in [1.29, 1.82) is 0 Å². The summed E-state index contributed by atoms with van der Waals surface area (Å²) in [5.74, 6) is 0.212. The van der Waals surface area contributed by atoms with Gasteiger partial charge in [0.1, 0.15) is 5.75 Å². The van der Waals surface area contributed by atoms with Gasteiger partial charge in [-0.3, -0.25) is 24.6 Å². The lowest BCUT2D eigenvalue weighted by atomic mass is 10.1. The minimum Gasteiger partial charge on any atom is -0.493 e. The second kappa shape index (κ2) is 8.57. The number of ether oxygens (including phenoxy) is 1. The van der Waals surface area contributed by atoms with Gasteiger partial charge in [0, 0.05) is 22.2 Å². The number of rotatable bonds is 6. The van der Waals surface area contributed by atoms with E-state index < -0.39 is 10.8 Å². The van der Waals surface area contributed by atoms with Gasteiger partial charge in [-0.2, -0.15) is 0 Å². The standard InChI is InChI=1S/C19H15BrN2O5S/c1-2-27-16-8-5-14(20)9-13(16)10-17-18(23)21(19(24)28-17)11-12-3-6-15(7-4-12)22(25)26/h3-10H,2,11H2,1H3/b17-10+. The Kier molecular flexibility index (Phi) is 6.15. The highest BCUT2D eigenvalue weighted by molar-refractivity contribution is 9.10. The Bertz CT molecular complexity index is 975. The molecular weight excluding hydrogens is 448 g/mol. The third kappa shape index (κ3) is 4.42. The first-order valence-corrected chi connectivity index (χ1v) is 9.91. The minimum atomic E-state index is -0.499. The van der Waals surface area contributed by atoms with Gasteiger partial charge in [0.15, 0.2) is 0 Å². The van der Waals surface area contributed by atoms with Gasteiger partial charge in [0.25, 0.3) is 16.8 Å². The summed E-state index contributed by atoms with van der Waals surface area (Å²) in [5.41, 5.74) is 1.28. The third-order valence-corrected chi connectivity index (χ3v) is 5.32. The summed E-state index contributed by atoms with van der Waals surface area (Å²) in [6.45, 7) is 2.39. The number of non-ortho nitro benzene ring substituents is 1. The minimum absolute atomic E-state index is 0.0455. The van der Waals surface area contributed by atoms with E-state index in [1.165, 1.54) is 24.3 Å². The summed E-state index contributed by atoms with van der Waals surface area (Å²) in [5, 5.41) is 10.4. The zero-order valence-corrected chi connectivity index (χ0v) is 17.2. The summed E-state index contributed by atoms with van der Waals surface area (Å²) in [4.78, 5) is 36.7. The number of hydrogen-bond acceptors (Lipinski definition) is 6. The van der Waals surface area contributed by atoms with Gasteiger partial charge in [-0.05, 0) is 48.5 Å². The number of hydrogen-bond donors (Lipinski definition) is 0. The highest BCUT2D eigenvalue weighted by atomic mass is 79.9. The molecule has 2 aromatic carbocycles. The van der Waals surface area contributed by atoms with Crippen LogP contribution in [-0.4, -0.2) is 27.6 Å². The van der Waals surface area contributed by atoms with Crippen molar-refractivity contribution in [2.75, 3.05) is 6.61 Å². The molecule has 0 N–H and O–H groups in total. The molecule has 1 heterocycles. The zero-order chi connectivity index (χ0) is 20.3. The van der Waals surface area contributed by atoms with Crippen molar-refractivity contribution in [3.05, 3.63) is 73.1 Å². The summed E-state index contributed by atoms with van der Waals surface area (Å²) in [6, 6.07) is 11.2. The van der Waals surface area contributed by atoms with Crippen LogP contribution in [-0.2, 0) is 11.3 Å². The Hall–Kier alpha value is -2.65. The van der Waals surface area contributed by atoms with Crippen molar-refractivity contribution >= 4 is 50.6 Å². The zero-order valence-electron chi connectivity index (χ0n) is 14.8. The van der Waals surface area contributed by atoms with Gasteiger partial charge < -0.3 is 4.74 Å². The maximum atomic E-state index is 12.7. The molecule has 0 atom stereocenters. The molecule has 9 heteroatoms. The van der Waals surface area contributed by atoms with Crippen molar-refractivity contribution in [3.63, 3.8) is 0 Å². The quantitative estimate of drug-likeness (QED) is 0.341. The van der Waals surface area contributed by atoms with Crippen LogP contribution in [0.1, 0.15) is 18.1 Å². The van der Waals surface area contributed by atoms with Gasteiger partial charge in [0.2, 0.25) is 0 Å². The van der Waals surface area contributed by atoms with Gasteiger partial charge in [-0.25, -0.2) is 0 Å². The molecule has 0 spiro atoms. The van der Waals surface area contributed by atoms with Crippen LogP contribution in [0.2, 0.25) is 0 Å². The van der Waals surface area contributed by atoms with Gasteiger partial charge >= 0.3 is 0 Å². The fourth-order valence-electron chi connectivity index (χ4n) is 2.60. The first-order chi connectivity index (χ1) is 13.4. The first-order valence-electron chi connectivity index (χ1n) is 8.30. The number of imide groups is 1.